The van der Waals surface area contributed by atoms with Gasteiger partial charge in [-0.1, -0.05) is 109 Å². The summed E-state index contributed by atoms with van der Waals surface area (Å²) in [5.41, 5.74) is 3.04. The lowest BCUT2D eigenvalue weighted by molar-refractivity contribution is -0.260. The zero-order chi connectivity index (χ0) is 20.2. The van der Waals surface area contributed by atoms with Crippen molar-refractivity contribution < 1.29 is 9.88 Å². The van der Waals surface area contributed by atoms with Crippen LogP contribution in [0.15, 0.2) is 131 Å². The van der Waals surface area contributed by atoms with E-state index in [2.05, 4.69) is 21.1 Å². The van der Waals surface area contributed by atoms with E-state index in [1.807, 2.05) is 109 Å². The van der Waals surface area contributed by atoms with E-state index in [9.17, 15) is 0 Å². The molecule has 0 unspecified atom stereocenters. The molecule has 2 rings (SSSR count). The topological polar surface area (TPSA) is 67.6 Å². The van der Waals surface area contributed by atoms with E-state index in [1.54, 1.807) is 12.1 Å². The number of hydrogen-bond donors (Lipinski definition) is 1. The van der Waals surface area contributed by atoms with Crippen LogP contribution in [-0.2, 0) is 4.99 Å². The number of allylic oxidation sites excluding steroid dienone is 15. The third-order valence-corrected chi connectivity index (χ3v) is 3.21. The summed E-state index contributed by atoms with van der Waals surface area (Å²) in [5, 5.41) is 10.7. The molecule has 0 spiro atoms. The fraction of sp³-hybridized carbons (Fsp3) is 0. The summed E-state index contributed by atoms with van der Waals surface area (Å²) >= 11 is 0. The Bertz CT molecular complexity index is 901. The number of fused-ring (bicyclic) bond motifs is 1. The van der Waals surface area contributed by atoms with Crippen molar-refractivity contribution in [1.82, 2.24) is 5.59 Å². The van der Waals surface area contributed by atoms with Gasteiger partial charge in [-0.3, -0.25) is 0 Å². The third kappa shape index (κ3) is 10.6. The van der Waals surface area contributed by atoms with Crippen LogP contribution in [0.1, 0.15) is 5.56 Å². The Morgan fingerprint density at radius 1 is 0.621 bits per heavy atom. The molecule has 1 aliphatic rings. The largest absolute Gasteiger partial charge is 0.312 e. The minimum atomic E-state index is 0.530. The molecular weight excluding hydrogens is 364 g/mol. The highest BCUT2D eigenvalue weighted by atomic mass is 17.3. The first kappa shape index (κ1) is 21.3. The first-order valence-electron chi connectivity index (χ1n) is 8.91. The monoisotopic (exact) mass is 386 g/mol. The summed E-state index contributed by atoms with van der Waals surface area (Å²) in [6, 6.07) is 7.43. The van der Waals surface area contributed by atoms with Gasteiger partial charge in [-0.15, -0.1) is 10.7 Å². The summed E-state index contributed by atoms with van der Waals surface area (Å²) in [6.07, 6.45) is 32.1. The average Bonchev–Trinajstić information content (AvgIpc) is 2.74. The standard InChI is InChI=1S/C23H22N4O2/c1-2-4-6-8-10-12-14-18-22-19-15-16-20-23(22)28-29-27-26-25-24-21-17-13-11-9-7-5-3-1/h1-21H,(H,25,27)/b3-1?,4-2?,7-5-,8-6-,11-9-,12-10-,17-13-,18-14-,24-21-. The summed E-state index contributed by atoms with van der Waals surface area (Å²) in [5.74, 6) is 0.530. The lowest BCUT2D eigenvalue weighted by atomic mass is 10.2. The molecule has 6 nitrogen and oxygen atoms in total. The van der Waals surface area contributed by atoms with E-state index in [4.69, 9.17) is 9.88 Å². The van der Waals surface area contributed by atoms with Crippen molar-refractivity contribution in [3.63, 3.8) is 0 Å². The van der Waals surface area contributed by atoms with E-state index in [0.717, 1.165) is 5.56 Å². The second-order valence-electron chi connectivity index (χ2n) is 5.30. The van der Waals surface area contributed by atoms with Crippen LogP contribution in [-0.4, -0.2) is 6.21 Å². The number of nitrogens with zero attached hydrogens (tertiary/aromatic N) is 3. The number of hydrogen-bond acceptors (Lipinski definition) is 6. The first-order valence-corrected chi connectivity index (χ1v) is 8.91. The predicted octanol–water partition coefficient (Wildman–Crippen LogP) is 5.77. The quantitative estimate of drug-likeness (QED) is 0.575. The normalized spacial score (nSPS) is 24.1. The molecule has 0 fully saturated rings. The molecule has 0 saturated heterocycles. The van der Waals surface area contributed by atoms with Gasteiger partial charge in [0, 0.05) is 5.56 Å². The predicted molar refractivity (Wildman–Crippen MR) is 118 cm³/mol. The van der Waals surface area contributed by atoms with Crippen LogP contribution >= 0.6 is 0 Å². The Morgan fingerprint density at radius 3 is 1.83 bits per heavy atom. The van der Waals surface area contributed by atoms with Crippen molar-refractivity contribution in [3.8, 4) is 5.75 Å². The molecule has 0 atom stereocenters. The highest BCUT2D eigenvalue weighted by Crippen LogP contribution is 2.19. The van der Waals surface area contributed by atoms with Crippen molar-refractivity contribution >= 4 is 12.3 Å². The zero-order valence-corrected chi connectivity index (χ0v) is 15.8. The molecule has 1 aromatic carbocycles. The van der Waals surface area contributed by atoms with Gasteiger partial charge in [0.05, 0.1) is 6.21 Å². The van der Waals surface area contributed by atoms with E-state index >= 15 is 0 Å². The first-order chi connectivity index (χ1) is 14.5. The van der Waals surface area contributed by atoms with Crippen molar-refractivity contribution in [3.05, 3.63) is 121 Å². The molecule has 0 aliphatic carbocycles. The lowest BCUT2D eigenvalue weighted by Gasteiger charge is -2.04. The van der Waals surface area contributed by atoms with E-state index < -0.39 is 0 Å². The zero-order valence-electron chi connectivity index (χ0n) is 15.8. The smallest absolute Gasteiger partial charge is 0.175 e. The van der Waals surface area contributed by atoms with Gasteiger partial charge in [0.1, 0.15) is 0 Å². The summed E-state index contributed by atoms with van der Waals surface area (Å²) < 4.78 is 0. The maximum Gasteiger partial charge on any atom is 0.175 e. The molecule has 6 heteroatoms. The average molecular weight is 386 g/mol. The summed E-state index contributed by atoms with van der Waals surface area (Å²) in [4.78, 5) is 10.00. The Morgan fingerprint density at radius 2 is 1.17 bits per heavy atom. The number of para-hydroxylation sites is 1. The molecule has 1 N–H and O–H groups in total. The molecule has 0 aromatic heterocycles. The number of benzene rings is 1. The second kappa shape index (κ2) is 15.1. The Kier molecular flexibility index (Phi) is 11.1. The molecule has 0 bridgehead atoms. The maximum atomic E-state index is 5.19. The third-order valence-electron chi connectivity index (χ3n) is 3.21. The van der Waals surface area contributed by atoms with Crippen LogP contribution in [0, 0.1) is 0 Å². The fourth-order valence-electron chi connectivity index (χ4n) is 1.93. The Hall–Kier alpha value is -4.03. The maximum absolute atomic E-state index is 5.19. The molecule has 1 aromatic rings. The van der Waals surface area contributed by atoms with Gasteiger partial charge in [-0.25, -0.2) is 0 Å². The van der Waals surface area contributed by atoms with Gasteiger partial charge in [0.25, 0.3) is 0 Å². The second-order valence-corrected chi connectivity index (χ2v) is 5.30. The van der Waals surface area contributed by atoms with Crippen LogP contribution in [0.2, 0.25) is 0 Å². The molecule has 1 aliphatic heterocycles. The van der Waals surface area contributed by atoms with Crippen LogP contribution in [0.3, 0.4) is 0 Å². The molecule has 146 valence electrons. The van der Waals surface area contributed by atoms with Crippen molar-refractivity contribution in [2.24, 2.45) is 15.5 Å². The minimum absolute atomic E-state index is 0.530. The van der Waals surface area contributed by atoms with Gasteiger partial charge in [-0.05, 0) is 27.6 Å². The Labute approximate surface area is 170 Å². The van der Waals surface area contributed by atoms with Gasteiger partial charge in [-0.2, -0.15) is 0 Å². The van der Waals surface area contributed by atoms with E-state index in [1.165, 1.54) is 6.21 Å². The molecule has 0 radical (unpaired) electrons. The molecule has 0 amide bonds. The molecule has 29 heavy (non-hydrogen) atoms. The van der Waals surface area contributed by atoms with Crippen LogP contribution < -0.4 is 10.5 Å². The van der Waals surface area contributed by atoms with Gasteiger partial charge in [0.15, 0.2) is 5.75 Å². The minimum Gasteiger partial charge on any atom is -0.312 e. The summed E-state index contributed by atoms with van der Waals surface area (Å²) in [6.45, 7) is 0. The van der Waals surface area contributed by atoms with Gasteiger partial charge >= 0.3 is 0 Å². The summed E-state index contributed by atoms with van der Waals surface area (Å²) in [7, 11) is 0. The van der Waals surface area contributed by atoms with Crippen molar-refractivity contribution in [1.29, 1.82) is 0 Å². The van der Waals surface area contributed by atoms with E-state index in [-0.39, 0.29) is 0 Å². The van der Waals surface area contributed by atoms with Crippen LogP contribution in [0.4, 0.5) is 0 Å². The van der Waals surface area contributed by atoms with Gasteiger partial charge < -0.3 is 4.89 Å². The lowest BCUT2D eigenvalue weighted by Crippen LogP contribution is -2.09. The van der Waals surface area contributed by atoms with E-state index in [0.29, 0.717) is 5.75 Å². The SMILES string of the molecule is C1=C\C=C/C=C\C=C/C=N\N=N/NOOc2ccccc2\C=C/C=C\C=C/C=C1. The molecule has 1 heterocycles. The van der Waals surface area contributed by atoms with Gasteiger partial charge in [0.2, 0.25) is 0 Å². The molecule has 0 saturated carbocycles. The Balaban J connectivity index is 2.05. The van der Waals surface area contributed by atoms with Crippen molar-refractivity contribution in [2.45, 2.75) is 0 Å². The number of nitrogens with one attached hydrogen (secondary N) is 1. The highest BCUT2D eigenvalue weighted by Gasteiger charge is 2.00. The van der Waals surface area contributed by atoms with Crippen molar-refractivity contribution in [2.75, 3.05) is 0 Å². The van der Waals surface area contributed by atoms with Crippen LogP contribution in [0.5, 0.6) is 5.75 Å². The number of rotatable bonds is 0. The highest BCUT2D eigenvalue weighted by molar-refractivity contribution is 5.71. The van der Waals surface area contributed by atoms with Crippen LogP contribution in [0.25, 0.3) is 6.08 Å². The molecular formula is C23H22N4O2. The fourth-order valence-corrected chi connectivity index (χ4v) is 1.93.